The van der Waals surface area contributed by atoms with Crippen LogP contribution in [0.4, 0.5) is 4.39 Å². The van der Waals surface area contributed by atoms with Crippen molar-refractivity contribution in [3.05, 3.63) is 81.8 Å². The van der Waals surface area contributed by atoms with Gasteiger partial charge in [-0.05, 0) is 36.8 Å². The van der Waals surface area contributed by atoms with Gasteiger partial charge in [-0.2, -0.15) is 0 Å². The molecule has 26 heavy (non-hydrogen) atoms. The third-order valence-corrected chi connectivity index (χ3v) is 4.90. The maximum Gasteiger partial charge on any atom is 0.227 e. The normalized spacial score (nSPS) is 11.9. The highest BCUT2D eigenvalue weighted by Gasteiger charge is 2.21. The molecule has 3 aromatic rings. The number of aromatic nitrogens is 2. The number of amides is 1. The summed E-state index contributed by atoms with van der Waals surface area (Å²) in [6.45, 7) is 2.48. The Morgan fingerprint density at radius 1 is 1.19 bits per heavy atom. The molecule has 0 aliphatic carbocycles. The van der Waals surface area contributed by atoms with E-state index in [1.807, 2.05) is 30.5 Å². The van der Waals surface area contributed by atoms with E-state index in [9.17, 15) is 9.18 Å². The van der Waals surface area contributed by atoms with Gasteiger partial charge in [-0.1, -0.05) is 18.2 Å². The largest absolute Gasteiger partial charge is 0.355 e. The molecular weight excluding hydrogens is 349 g/mol. The summed E-state index contributed by atoms with van der Waals surface area (Å²) >= 11 is 1.60. The molecule has 2 heterocycles. The molecular formula is C20H20FN3OS. The molecule has 1 atom stereocenters. The number of rotatable bonds is 7. The van der Waals surface area contributed by atoms with Gasteiger partial charge in [0.05, 0.1) is 16.6 Å². The molecule has 0 saturated heterocycles. The molecule has 0 radical (unpaired) electrons. The lowest BCUT2D eigenvalue weighted by Gasteiger charge is -2.17. The van der Waals surface area contributed by atoms with E-state index in [0.29, 0.717) is 19.4 Å². The van der Waals surface area contributed by atoms with Gasteiger partial charge in [0.15, 0.2) is 0 Å². The molecule has 0 saturated carbocycles. The molecule has 4 nitrogen and oxygen atoms in total. The van der Waals surface area contributed by atoms with Gasteiger partial charge >= 0.3 is 0 Å². The third-order valence-electron chi connectivity index (χ3n) is 4.08. The van der Waals surface area contributed by atoms with Crippen molar-refractivity contribution >= 4 is 17.2 Å². The average molecular weight is 369 g/mol. The van der Waals surface area contributed by atoms with Gasteiger partial charge in [0.2, 0.25) is 5.91 Å². The topological polar surface area (TPSA) is 54.9 Å². The van der Waals surface area contributed by atoms with Crippen molar-refractivity contribution in [2.45, 2.75) is 25.7 Å². The molecule has 0 aliphatic heterocycles. The summed E-state index contributed by atoms with van der Waals surface area (Å²) in [7, 11) is 0. The fourth-order valence-corrected chi connectivity index (χ4v) is 3.39. The van der Waals surface area contributed by atoms with Gasteiger partial charge in [0.25, 0.3) is 0 Å². The van der Waals surface area contributed by atoms with Crippen LogP contribution in [0.2, 0.25) is 0 Å². The van der Waals surface area contributed by atoms with Gasteiger partial charge in [-0.25, -0.2) is 9.37 Å². The zero-order valence-corrected chi connectivity index (χ0v) is 15.3. The van der Waals surface area contributed by atoms with Crippen molar-refractivity contribution in [3.8, 4) is 0 Å². The first-order chi connectivity index (χ1) is 12.6. The minimum Gasteiger partial charge on any atom is -0.355 e. The van der Waals surface area contributed by atoms with Crippen LogP contribution in [0.5, 0.6) is 0 Å². The second-order valence-corrected chi connectivity index (χ2v) is 7.09. The molecule has 2 aromatic heterocycles. The summed E-state index contributed by atoms with van der Waals surface area (Å²) in [6.07, 6.45) is 2.86. The summed E-state index contributed by atoms with van der Waals surface area (Å²) in [6, 6.07) is 11.7. The van der Waals surface area contributed by atoms with Gasteiger partial charge in [-0.3, -0.25) is 9.78 Å². The highest BCUT2D eigenvalue weighted by Crippen LogP contribution is 2.21. The van der Waals surface area contributed by atoms with Gasteiger partial charge < -0.3 is 5.32 Å². The minimum atomic E-state index is -0.414. The molecule has 0 aliphatic rings. The van der Waals surface area contributed by atoms with Crippen LogP contribution in [0.15, 0.2) is 54.0 Å². The smallest absolute Gasteiger partial charge is 0.227 e. The number of thiazole rings is 1. The Morgan fingerprint density at radius 3 is 2.65 bits per heavy atom. The standard InChI is InChI=1S/C20H20FN3OS/c1-14-24-18(13-26-14)9-11-23-20(25)19(12-17-4-2-3-10-22-17)15-5-7-16(21)8-6-15/h2-8,10,13,19H,9,11-12H2,1H3,(H,23,25). The summed E-state index contributed by atoms with van der Waals surface area (Å²) in [5.74, 6) is -0.818. The van der Waals surface area contributed by atoms with E-state index in [1.54, 1.807) is 29.7 Å². The Bertz CT molecular complexity index is 849. The number of hydrogen-bond acceptors (Lipinski definition) is 4. The second kappa shape index (κ2) is 8.67. The van der Waals surface area contributed by atoms with Crippen LogP contribution in [-0.2, 0) is 17.6 Å². The van der Waals surface area contributed by atoms with Crippen LogP contribution in [-0.4, -0.2) is 22.4 Å². The second-order valence-electron chi connectivity index (χ2n) is 6.03. The SMILES string of the molecule is Cc1nc(CCNC(=O)C(Cc2ccccn2)c2ccc(F)cc2)cs1. The highest BCUT2D eigenvalue weighted by molar-refractivity contribution is 7.09. The van der Waals surface area contributed by atoms with Crippen molar-refractivity contribution in [3.63, 3.8) is 0 Å². The average Bonchev–Trinajstić information content (AvgIpc) is 3.06. The van der Waals surface area contributed by atoms with Crippen LogP contribution in [0.3, 0.4) is 0 Å². The molecule has 1 unspecified atom stereocenters. The molecule has 6 heteroatoms. The van der Waals surface area contributed by atoms with Crippen molar-refractivity contribution in [1.29, 1.82) is 0 Å². The first-order valence-corrected chi connectivity index (χ1v) is 9.34. The Hall–Kier alpha value is -2.60. The molecule has 1 amide bonds. The maximum atomic E-state index is 13.3. The number of halogens is 1. The van der Waals surface area contributed by atoms with Gasteiger partial charge in [0, 0.05) is 36.7 Å². The van der Waals surface area contributed by atoms with E-state index in [2.05, 4.69) is 15.3 Å². The molecule has 0 spiro atoms. The Balaban J connectivity index is 1.69. The van der Waals surface area contributed by atoms with Gasteiger partial charge in [-0.15, -0.1) is 11.3 Å². The van der Waals surface area contributed by atoms with Crippen LogP contribution in [0.1, 0.15) is 27.9 Å². The van der Waals surface area contributed by atoms with Gasteiger partial charge in [0.1, 0.15) is 5.82 Å². The monoisotopic (exact) mass is 369 g/mol. The number of nitrogens with one attached hydrogen (secondary N) is 1. The molecule has 3 rings (SSSR count). The van der Waals surface area contributed by atoms with E-state index in [1.165, 1.54) is 12.1 Å². The number of hydrogen-bond donors (Lipinski definition) is 1. The predicted octanol–water partition coefficient (Wildman–Crippen LogP) is 3.67. The number of aryl methyl sites for hydroxylation is 1. The highest BCUT2D eigenvalue weighted by atomic mass is 32.1. The van der Waals surface area contributed by atoms with Crippen LogP contribution in [0.25, 0.3) is 0 Å². The minimum absolute atomic E-state index is 0.0887. The molecule has 0 fully saturated rings. The lowest BCUT2D eigenvalue weighted by Crippen LogP contribution is -2.32. The number of carbonyl (C=O) groups is 1. The summed E-state index contributed by atoms with van der Waals surface area (Å²) in [4.78, 5) is 21.5. The van der Waals surface area contributed by atoms with Crippen molar-refractivity contribution in [2.24, 2.45) is 0 Å². The fourth-order valence-electron chi connectivity index (χ4n) is 2.75. The van der Waals surface area contributed by atoms with E-state index in [4.69, 9.17) is 0 Å². The van der Waals surface area contributed by atoms with E-state index < -0.39 is 5.92 Å². The summed E-state index contributed by atoms with van der Waals surface area (Å²) in [5.41, 5.74) is 2.59. The quantitative estimate of drug-likeness (QED) is 0.691. The lowest BCUT2D eigenvalue weighted by atomic mass is 9.93. The number of nitrogens with zero attached hydrogens (tertiary/aromatic N) is 2. The van der Waals surface area contributed by atoms with Crippen LogP contribution < -0.4 is 5.32 Å². The molecule has 1 N–H and O–H groups in total. The Kier molecular flexibility index (Phi) is 6.07. The fraction of sp³-hybridized carbons (Fsp3) is 0.250. The van der Waals surface area contributed by atoms with E-state index >= 15 is 0 Å². The molecule has 1 aromatic carbocycles. The molecule has 134 valence electrons. The number of benzene rings is 1. The van der Waals surface area contributed by atoms with Crippen molar-refractivity contribution in [1.82, 2.24) is 15.3 Å². The number of pyridine rings is 1. The first kappa shape index (κ1) is 18.2. The van der Waals surface area contributed by atoms with Crippen LogP contribution >= 0.6 is 11.3 Å². The Labute approximate surface area is 156 Å². The zero-order valence-electron chi connectivity index (χ0n) is 14.5. The summed E-state index contributed by atoms with van der Waals surface area (Å²) < 4.78 is 13.3. The lowest BCUT2D eigenvalue weighted by molar-refractivity contribution is -0.122. The van der Waals surface area contributed by atoms with E-state index in [-0.39, 0.29) is 11.7 Å². The van der Waals surface area contributed by atoms with Crippen LogP contribution in [0, 0.1) is 12.7 Å². The molecule has 0 bridgehead atoms. The predicted molar refractivity (Wildman–Crippen MR) is 101 cm³/mol. The first-order valence-electron chi connectivity index (χ1n) is 8.46. The number of carbonyl (C=O) groups excluding carboxylic acids is 1. The van der Waals surface area contributed by atoms with E-state index in [0.717, 1.165) is 22.0 Å². The maximum absolute atomic E-state index is 13.3. The third kappa shape index (κ3) is 4.95. The van der Waals surface area contributed by atoms with Crippen molar-refractivity contribution < 1.29 is 9.18 Å². The zero-order chi connectivity index (χ0) is 18.4. The summed E-state index contributed by atoms with van der Waals surface area (Å²) in [5, 5.41) is 6.00. The Morgan fingerprint density at radius 2 is 2.00 bits per heavy atom. The van der Waals surface area contributed by atoms with Crippen molar-refractivity contribution in [2.75, 3.05) is 6.54 Å².